The molecular formula is C11H13F4NOS. The van der Waals surface area contributed by atoms with E-state index in [1.165, 1.54) is 12.1 Å². The van der Waals surface area contributed by atoms with Crippen molar-refractivity contribution < 1.29 is 22.3 Å². The molecule has 1 atom stereocenters. The van der Waals surface area contributed by atoms with Crippen LogP contribution in [0.4, 0.5) is 17.6 Å². The molecule has 1 aromatic rings. The van der Waals surface area contributed by atoms with E-state index in [1.807, 2.05) is 0 Å². The van der Waals surface area contributed by atoms with Gasteiger partial charge in [-0.25, -0.2) is 4.39 Å². The lowest BCUT2D eigenvalue weighted by Gasteiger charge is -2.11. The Bertz CT molecular complexity index is 395. The Labute approximate surface area is 106 Å². The molecule has 0 amide bonds. The summed E-state index contributed by atoms with van der Waals surface area (Å²) in [6, 6.07) is 3.86. The van der Waals surface area contributed by atoms with E-state index >= 15 is 0 Å². The molecule has 0 saturated heterocycles. The molecule has 18 heavy (non-hydrogen) atoms. The predicted molar refractivity (Wildman–Crippen MR) is 63.0 cm³/mol. The van der Waals surface area contributed by atoms with E-state index in [4.69, 9.17) is 10.5 Å². The number of ether oxygens (including phenoxy) is 1. The van der Waals surface area contributed by atoms with E-state index in [1.54, 1.807) is 13.0 Å². The maximum atomic E-state index is 13.5. The summed E-state index contributed by atoms with van der Waals surface area (Å²) in [5.41, 5.74) is 1.88. The fourth-order valence-corrected chi connectivity index (χ4v) is 1.62. The van der Waals surface area contributed by atoms with Gasteiger partial charge < -0.3 is 10.5 Å². The number of nitrogens with two attached hydrogens (primary N) is 1. The summed E-state index contributed by atoms with van der Waals surface area (Å²) < 4.78 is 53.9. The van der Waals surface area contributed by atoms with Gasteiger partial charge in [0.25, 0.3) is 0 Å². The molecule has 2 nitrogen and oxygen atoms in total. The van der Waals surface area contributed by atoms with Crippen LogP contribution in [0.25, 0.3) is 0 Å². The van der Waals surface area contributed by atoms with Gasteiger partial charge in [-0.05, 0) is 36.4 Å². The van der Waals surface area contributed by atoms with Crippen molar-refractivity contribution in [1.82, 2.24) is 0 Å². The Morgan fingerprint density at radius 2 is 2.06 bits per heavy atom. The predicted octanol–water partition coefficient (Wildman–Crippen LogP) is 3.48. The summed E-state index contributed by atoms with van der Waals surface area (Å²) in [4.78, 5) is 0. The van der Waals surface area contributed by atoms with Gasteiger partial charge in [0.05, 0.1) is 6.61 Å². The molecule has 0 fully saturated rings. The van der Waals surface area contributed by atoms with Crippen molar-refractivity contribution in [2.75, 3.05) is 12.4 Å². The van der Waals surface area contributed by atoms with Gasteiger partial charge in [0.15, 0.2) is 11.6 Å². The van der Waals surface area contributed by atoms with Crippen LogP contribution in [-0.4, -0.2) is 17.9 Å². The van der Waals surface area contributed by atoms with Crippen LogP contribution in [-0.2, 0) is 0 Å². The van der Waals surface area contributed by atoms with Gasteiger partial charge in [-0.15, -0.1) is 0 Å². The van der Waals surface area contributed by atoms with Gasteiger partial charge in [-0.1, -0.05) is 6.07 Å². The standard InChI is InChI=1S/C11H13F4NOS/c1-7(16)8-2-3-10(9(12)6-8)17-4-5-18-11(13,14)15/h2-3,6-7H,4-5,16H2,1H3/t7-/m0/s1. The van der Waals surface area contributed by atoms with E-state index in [9.17, 15) is 17.6 Å². The van der Waals surface area contributed by atoms with Crippen molar-refractivity contribution in [2.45, 2.75) is 18.5 Å². The Morgan fingerprint density at radius 1 is 1.39 bits per heavy atom. The molecule has 0 saturated carbocycles. The zero-order valence-electron chi connectivity index (χ0n) is 9.63. The zero-order valence-corrected chi connectivity index (χ0v) is 10.4. The number of alkyl halides is 3. The van der Waals surface area contributed by atoms with Gasteiger partial charge in [-0.3, -0.25) is 0 Å². The molecule has 0 aliphatic rings. The summed E-state index contributed by atoms with van der Waals surface area (Å²) in [6.45, 7) is 1.49. The maximum absolute atomic E-state index is 13.5. The Morgan fingerprint density at radius 3 is 2.56 bits per heavy atom. The number of halogens is 4. The molecule has 1 rings (SSSR count). The highest BCUT2D eigenvalue weighted by molar-refractivity contribution is 8.00. The van der Waals surface area contributed by atoms with Gasteiger partial charge in [0.1, 0.15) is 0 Å². The highest BCUT2D eigenvalue weighted by Gasteiger charge is 2.27. The van der Waals surface area contributed by atoms with E-state index in [0.29, 0.717) is 5.56 Å². The molecule has 1 aromatic carbocycles. The molecule has 0 radical (unpaired) electrons. The first-order chi connectivity index (χ1) is 8.29. The Kier molecular flexibility index (Phi) is 5.28. The van der Waals surface area contributed by atoms with Crippen LogP contribution in [0.15, 0.2) is 18.2 Å². The van der Waals surface area contributed by atoms with Crippen molar-refractivity contribution in [3.05, 3.63) is 29.6 Å². The summed E-state index contributed by atoms with van der Waals surface area (Å²) in [7, 11) is 0. The molecule has 2 N–H and O–H groups in total. The third-order valence-corrected chi connectivity index (χ3v) is 2.79. The van der Waals surface area contributed by atoms with E-state index in [0.717, 1.165) is 0 Å². The zero-order chi connectivity index (χ0) is 13.8. The molecule has 0 unspecified atom stereocenters. The second-order valence-corrected chi connectivity index (χ2v) is 4.78. The lowest BCUT2D eigenvalue weighted by atomic mass is 10.1. The second kappa shape index (κ2) is 6.29. The number of thioether (sulfide) groups is 1. The maximum Gasteiger partial charge on any atom is 0.441 e. The highest BCUT2D eigenvalue weighted by atomic mass is 32.2. The minimum Gasteiger partial charge on any atom is -0.490 e. The van der Waals surface area contributed by atoms with Gasteiger partial charge in [-0.2, -0.15) is 13.2 Å². The highest BCUT2D eigenvalue weighted by Crippen LogP contribution is 2.30. The lowest BCUT2D eigenvalue weighted by molar-refractivity contribution is -0.0329. The van der Waals surface area contributed by atoms with Crippen LogP contribution in [0.3, 0.4) is 0 Å². The third-order valence-electron chi connectivity index (χ3n) is 2.09. The van der Waals surface area contributed by atoms with Crippen LogP contribution in [0.1, 0.15) is 18.5 Å². The Balaban J connectivity index is 2.48. The molecule has 0 aromatic heterocycles. The van der Waals surface area contributed by atoms with Crippen molar-refractivity contribution >= 4 is 11.8 Å². The van der Waals surface area contributed by atoms with Crippen molar-refractivity contribution in [3.63, 3.8) is 0 Å². The Hall–Kier alpha value is -0.950. The molecule has 0 heterocycles. The van der Waals surface area contributed by atoms with E-state index in [-0.39, 0.29) is 35.9 Å². The fourth-order valence-electron chi connectivity index (χ4n) is 1.23. The van der Waals surface area contributed by atoms with E-state index < -0.39 is 11.3 Å². The molecule has 102 valence electrons. The van der Waals surface area contributed by atoms with Crippen molar-refractivity contribution in [3.8, 4) is 5.75 Å². The molecule has 7 heteroatoms. The number of rotatable bonds is 5. The fraction of sp³-hybridized carbons (Fsp3) is 0.455. The summed E-state index contributed by atoms with van der Waals surface area (Å²) in [6.07, 6.45) is 0. The van der Waals surface area contributed by atoms with E-state index in [2.05, 4.69) is 0 Å². The number of benzene rings is 1. The van der Waals surface area contributed by atoms with Crippen molar-refractivity contribution in [1.29, 1.82) is 0 Å². The number of hydrogen-bond acceptors (Lipinski definition) is 3. The minimum absolute atomic E-state index is 0.0674. The third kappa shape index (κ3) is 5.14. The SMILES string of the molecule is C[C@H](N)c1ccc(OCCSC(F)(F)F)c(F)c1. The van der Waals surface area contributed by atoms with Gasteiger partial charge in [0, 0.05) is 11.8 Å². The number of hydrogen-bond donors (Lipinski definition) is 1. The monoisotopic (exact) mass is 283 g/mol. The van der Waals surface area contributed by atoms with Crippen LogP contribution >= 0.6 is 11.8 Å². The average molecular weight is 283 g/mol. The van der Waals surface area contributed by atoms with Crippen molar-refractivity contribution in [2.24, 2.45) is 5.73 Å². The summed E-state index contributed by atoms with van der Waals surface area (Å²) in [5, 5.41) is 0. The molecule has 0 spiro atoms. The molecule has 0 aliphatic heterocycles. The molecule has 0 aliphatic carbocycles. The molecular weight excluding hydrogens is 270 g/mol. The van der Waals surface area contributed by atoms with Gasteiger partial charge in [0.2, 0.25) is 0 Å². The van der Waals surface area contributed by atoms with Crippen LogP contribution < -0.4 is 10.5 Å². The minimum atomic E-state index is -4.29. The van der Waals surface area contributed by atoms with Gasteiger partial charge >= 0.3 is 5.51 Å². The normalized spacial score (nSPS) is 13.4. The lowest BCUT2D eigenvalue weighted by Crippen LogP contribution is -2.09. The van der Waals surface area contributed by atoms with Crippen LogP contribution in [0.2, 0.25) is 0 Å². The quantitative estimate of drug-likeness (QED) is 0.664. The average Bonchev–Trinajstić information content (AvgIpc) is 2.24. The first-order valence-corrected chi connectivity index (χ1v) is 6.16. The summed E-state index contributed by atoms with van der Waals surface area (Å²) >= 11 is -0.201. The summed E-state index contributed by atoms with van der Waals surface area (Å²) in [5.74, 6) is -0.971. The van der Waals surface area contributed by atoms with Crippen LogP contribution in [0.5, 0.6) is 5.75 Å². The second-order valence-electron chi connectivity index (χ2n) is 3.62. The topological polar surface area (TPSA) is 35.2 Å². The smallest absolute Gasteiger partial charge is 0.441 e. The first kappa shape index (κ1) is 15.1. The van der Waals surface area contributed by atoms with Crippen LogP contribution in [0, 0.1) is 5.82 Å². The first-order valence-electron chi connectivity index (χ1n) is 5.18. The molecule has 0 bridgehead atoms. The largest absolute Gasteiger partial charge is 0.490 e.